The molecular weight excluding hydrogens is 430 g/mol. The lowest BCUT2D eigenvalue weighted by molar-refractivity contribution is -0.384. The summed E-state index contributed by atoms with van der Waals surface area (Å²) in [5, 5.41) is 10.6. The lowest BCUT2D eigenvalue weighted by Crippen LogP contribution is -2.43. The van der Waals surface area contributed by atoms with Crippen molar-refractivity contribution < 1.29 is 19.2 Å². The summed E-state index contributed by atoms with van der Waals surface area (Å²) in [7, 11) is 0. The number of nitro benzene ring substituents is 1. The van der Waals surface area contributed by atoms with Crippen LogP contribution in [-0.2, 0) is 10.2 Å². The second-order valence-corrected chi connectivity index (χ2v) is 7.84. The highest BCUT2D eigenvalue weighted by atomic mass is 79.9. The first-order valence-corrected chi connectivity index (χ1v) is 9.13. The van der Waals surface area contributed by atoms with Crippen LogP contribution in [-0.4, -0.2) is 23.3 Å². The quantitative estimate of drug-likeness (QED) is 0.535. The molecule has 28 heavy (non-hydrogen) atoms. The van der Waals surface area contributed by atoms with E-state index in [1.807, 2.05) is 12.1 Å². The number of halogens is 1. The van der Waals surface area contributed by atoms with Gasteiger partial charge < -0.3 is 4.74 Å². The molecule has 148 valence electrons. The molecule has 0 fully saturated rings. The first kappa shape index (κ1) is 21.4. The molecule has 0 bridgehead atoms. The highest BCUT2D eigenvalue weighted by Crippen LogP contribution is 2.31. The number of nitro groups is 1. The molecule has 0 spiro atoms. The van der Waals surface area contributed by atoms with Gasteiger partial charge in [0.25, 0.3) is 17.5 Å². The van der Waals surface area contributed by atoms with Crippen LogP contribution in [0.4, 0.5) is 5.69 Å². The Morgan fingerprint density at radius 1 is 1.11 bits per heavy atom. The third kappa shape index (κ3) is 5.78. The number of hydrogen-bond donors (Lipinski definition) is 2. The highest BCUT2D eigenvalue weighted by Gasteiger charge is 2.16. The Labute approximate surface area is 170 Å². The van der Waals surface area contributed by atoms with E-state index >= 15 is 0 Å². The zero-order chi connectivity index (χ0) is 20.9. The summed E-state index contributed by atoms with van der Waals surface area (Å²) in [5.41, 5.74) is 5.61. The number of nitrogens with one attached hydrogen (secondary N) is 2. The maximum Gasteiger partial charge on any atom is 0.276 e. The van der Waals surface area contributed by atoms with Gasteiger partial charge in [-0.25, -0.2) is 0 Å². The number of amides is 2. The van der Waals surface area contributed by atoms with Crippen LogP contribution in [0.2, 0.25) is 0 Å². The predicted molar refractivity (Wildman–Crippen MR) is 107 cm³/mol. The van der Waals surface area contributed by atoms with Crippen LogP contribution in [0.3, 0.4) is 0 Å². The molecule has 0 aromatic heterocycles. The number of non-ortho nitro benzene ring substituents is 1. The van der Waals surface area contributed by atoms with Gasteiger partial charge >= 0.3 is 0 Å². The normalized spacial score (nSPS) is 10.9. The lowest BCUT2D eigenvalue weighted by Gasteiger charge is -2.20. The maximum atomic E-state index is 11.9. The molecule has 8 nitrogen and oxygen atoms in total. The van der Waals surface area contributed by atoms with E-state index in [2.05, 4.69) is 47.6 Å². The number of carbonyl (C=O) groups is 2. The molecule has 2 aromatic rings. The predicted octanol–water partition coefficient (Wildman–Crippen LogP) is 3.49. The van der Waals surface area contributed by atoms with Crippen molar-refractivity contribution in [2.75, 3.05) is 6.61 Å². The minimum Gasteiger partial charge on any atom is -0.483 e. The molecule has 2 aromatic carbocycles. The van der Waals surface area contributed by atoms with Gasteiger partial charge in [-0.15, -0.1) is 0 Å². The Balaban J connectivity index is 1.86. The Kier molecular flexibility index (Phi) is 6.74. The van der Waals surface area contributed by atoms with Gasteiger partial charge in [0.05, 0.1) is 9.40 Å². The molecular formula is C19H20BrN3O5. The Hall–Kier alpha value is -2.94. The number of hydrogen-bond acceptors (Lipinski definition) is 5. The van der Waals surface area contributed by atoms with Crippen LogP contribution in [0.5, 0.6) is 5.75 Å². The molecule has 2 N–H and O–H groups in total. The summed E-state index contributed by atoms with van der Waals surface area (Å²) in [6.45, 7) is 5.98. The van der Waals surface area contributed by atoms with Crippen molar-refractivity contribution in [2.45, 2.75) is 26.2 Å². The standard InChI is InChI=1S/C19H20BrN3O5/c1-19(2,3)13-6-9-16(15(20)10-13)28-11-17(24)21-22-18(25)12-4-7-14(8-5-12)23(26)27/h4-10H,11H2,1-3H3,(H,21,24)(H,22,25). The van der Waals surface area contributed by atoms with Crippen molar-refractivity contribution in [3.05, 3.63) is 68.2 Å². The summed E-state index contributed by atoms with van der Waals surface area (Å²) in [5.74, 6) is -0.647. The molecule has 0 aliphatic heterocycles. The van der Waals surface area contributed by atoms with Crippen molar-refractivity contribution in [1.29, 1.82) is 0 Å². The zero-order valence-electron chi connectivity index (χ0n) is 15.6. The molecule has 0 aliphatic rings. The van der Waals surface area contributed by atoms with E-state index in [1.54, 1.807) is 6.07 Å². The van der Waals surface area contributed by atoms with Crippen molar-refractivity contribution >= 4 is 33.4 Å². The largest absolute Gasteiger partial charge is 0.483 e. The number of nitrogens with zero attached hydrogens (tertiary/aromatic N) is 1. The van der Waals surface area contributed by atoms with Gasteiger partial charge in [0.1, 0.15) is 5.75 Å². The fraction of sp³-hybridized carbons (Fsp3) is 0.263. The second kappa shape index (κ2) is 8.83. The van der Waals surface area contributed by atoms with Crippen LogP contribution < -0.4 is 15.6 Å². The minimum atomic E-state index is -0.598. The lowest BCUT2D eigenvalue weighted by atomic mass is 9.87. The van der Waals surface area contributed by atoms with Gasteiger partial charge in [-0.1, -0.05) is 26.8 Å². The first-order chi connectivity index (χ1) is 13.1. The molecule has 9 heteroatoms. The molecule has 2 rings (SSSR count). The number of rotatable bonds is 5. The van der Waals surface area contributed by atoms with E-state index < -0.39 is 16.7 Å². The molecule has 0 unspecified atom stereocenters. The molecule has 0 saturated heterocycles. The SMILES string of the molecule is CC(C)(C)c1ccc(OCC(=O)NNC(=O)c2ccc([N+](=O)[O-])cc2)c(Br)c1. The van der Waals surface area contributed by atoms with E-state index in [0.29, 0.717) is 5.75 Å². The van der Waals surface area contributed by atoms with E-state index in [0.717, 1.165) is 10.0 Å². The summed E-state index contributed by atoms with van der Waals surface area (Å²) < 4.78 is 6.19. The van der Waals surface area contributed by atoms with E-state index in [4.69, 9.17) is 4.74 Å². The smallest absolute Gasteiger partial charge is 0.276 e. The Morgan fingerprint density at radius 3 is 2.29 bits per heavy atom. The van der Waals surface area contributed by atoms with E-state index in [9.17, 15) is 19.7 Å². The molecule has 0 saturated carbocycles. The van der Waals surface area contributed by atoms with Crippen LogP contribution in [0.15, 0.2) is 46.9 Å². The number of hydrazine groups is 1. The summed E-state index contributed by atoms with van der Waals surface area (Å²) in [6.07, 6.45) is 0. The van der Waals surface area contributed by atoms with Gasteiger partial charge in [0.2, 0.25) is 0 Å². The average molecular weight is 450 g/mol. The molecule has 0 radical (unpaired) electrons. The summed E-state index contributed by atoms with van der Waals surface area (Å²) >= 11 is 3.42. The van der Waals surface area contributed by atoms with Gasteiger partial charge in [0, 0.05) is 17.7 Å². The summed E-state index contributed by atoms with van der Waals surface area (Å²) in [4.78, 5) is 33.9. The number of benzene rings is 2. The van der Waals surface area contributed by atoms with Crippen molar-refractivity contribution in [3.8, 4) is 5.75 Å². The van der Waals surface area contributed by atoms with Crippen molar-refractivity contribution in [3.63, 3.8) is 0 Å². The first-order valence-electron chi connectivity index (χ1n) is 8.34. The zero-order valence-corrected chi connectivity index (χ0v) is 17.2. The monoisotopic (exact) mass is 449 g/mol. The topological polar surface area (TPSA) is 111 Å². The second-order valence-electron chi connectivity index (χ2n) is 6.99. The van der Waals surface area contributed by atoms with Crippen LogP contribution in [0.25, 0.3) is 0 Å². The molecule has 0 heterocycles. The third-order valence-electron chi connectivity index (χ3n) is 3.81. The fourth-order valence-corrected chi connectivity index (χ4v) is 2.69. The fourth-order valence-electron chi connectivity index (χ4n) is 2.20. The molecule has 0 atom stereocenters. The number of carbonyl (C=O) groups excluding carboxylic acids is 2. The van der Waals surface area contributed by atoms with Crippen molar-refractivity contribution in [2.24, 2.45) is 0 Å². The van der Waals surface area contributed by atoms with E-state index in [-0.39, 0.29) is 23.3 Å². The van der Waals surface area contributed by atoms with Gasteiger partial charge in [-0.3, -0.25) is 30.6 Å². The Bertz CT molecular complexity index is 891. The van der Waals surface area contributed by atoms with Gasteiger partial charge in [-0.2, -0.15) is 0 Å². The summed E-state index contributed by atoms with van der Waals surface area (Å²) in [6, 6.07) is 10.6. The highest BCUT2D eigenvalue weighted by molar-refractivity contribution is 9.10. The number of ether oxygens (including phenoxy) is 1. The van der Waals surface area contributed by atoms with Crippen LogP contribution in [0, 0.1) is 10.1 Å². The molecule has 0 aliphatic carbocycles. The van der Waals surface area contributed by atoms with Crippen LogP contribution >= 0.6 is 15.9 Å². The van der Waals surface area contributed by atoms with Gasteiger partial charge in [-0.05, 0) is 51.2 Å². The van der Waals surface area contributed by atoms with Gasteiger partial charge in [0.15, 0.2) is 6.61 Å². The third-order valence-corrected chi connectivity index (χ3v) is 4.43. The van der Waals surface area contributed by atoms with E-state index in [1.165, 1.54) is 24.3 Å². The Morgan fingerprint density at radius 2 is 1.75 bits per heavy atom. The minimum absolute atomic E-state index is 0.0133. The van der Waals surface area contributed by atoms with Crippen LogP contribution in [0.1, 0.15) is 36.7 Å². The molecule has 2 amide bonds. The van der Waals surface area contributed by atoms with Crippen molar-refractivity contribution in [1.82, 2.24) is 10.9 Å². The average Bonchev–Trinajstić information content (AvgIpc) is 2.64. The maximum absolute atomic E-state index is 11.9.